The van der Waals surface area contributed by atoms with Crippen LogP contribution in [-0.4, -0.2) is 4.98 Å². The fourth-order valence-electron chi connectivity index (χ4n) is 1.35. The highest BCUT2D eigenvalue weighted by atomic mass is 79.9. The monoisotopic (exact) mass is 312 g/mol. The molecule has 2 N–H and O–H groups in total. The van der Waals surface area contributed by atoms with Crippen molar-refractivity contribution in [3.05, 3.63) is 45.5 Å². The van der Waals surface area contributed by atoms with Gasteiger partial charge in [-0.05, 0) is 31.2 Å². The number of aryl methyl sites for hydroxylation is 1. The molecule has 17 heavy (non-hydrogen) atoms. The summed E-state index contributed by atoms with van der Waals surface area (Å²) in [6, 6.07) is 7.19. The summed E-state index contributed by atoms with van der Waals surface area (Å²) in [5.41, 5.74) is 7.09. The van der Waals surface area contributed by atoms with E-state index in [1.807, 2.05) is 13.0 Å². The van der Waals surface area contributed by atoms with Gasteiger partial charge in [0.2, 0.25) is 5.88 Å². The van der Waals surface area contributed by atoms with Crippen LogP contribution in [0.5, 0.6) is 11.6 Å². The SMILES string of the molecule is Cc1cc(N)cnc1Oc1cc(Br)ccc1Cl. The lowest BCUT2D eigenvalue weighted by molar-refractivity contribution is 0.459. The van der Waals surface area contributed by atoms with Crippen molar-refractivity contribution in [3.8, 4) is 11.6 Å². The van der Waals surface area contributed by atoms with Crippen LogP contribution in [0.4, 0.5) is 5.69 Å². The van der Waals surface area contributed by atoms with E-state index in [-0.39, 0.29) is 0 Å². The third kappa shape index (κ3) is 2.90. The third-order valence-electron chi connectivity index (χ3n) is 2.15. The highest BCUT2D eigenvalue weighted by Crippen LogP contribution is 2.32. The summed E-state index contributed by atoms with van der Waals surface area (Å²) in [6.45, 7) is 1.88. The minimum absolute atomic E-state index is 0.499. The van der Waals surface area contributed by atoms with Gasteiger partial charge in [0.15, 0.2) is 0 Å². The van der Waals surface area contributed by atoms with Crippen LogP contribution in [0.3, 0.4) is 0 Å². The smallest absolute Gasteiger partial charge is 0.222 e. The minimum Gasteiger partial charge on any atom is -0.437 e. The Hall–Kier alpha value is -1.26. The Morgan fingerprint density at radius 2 is 2.12 bits per heavy atom. The Morgan fingerprint density at radius 1 is 1.35 bits per heavy atom. The van der Waals surface area contributed by atoms with E-state index in [2.05, 4.69) is 20.9 Å². The standard InChI is InChI=1S/C12H10BrClN2O/c1-7-4-9(15)6-16-12(7)17-11-5-8(13)2-3-10(11)14/h2-6H,15H2,1H3. The Morgan fingerprint density at radius 3 is 2.82 bits per heavy atom. The number of nitrogens with zero attached hydrogens (tertiary/aromatic N) is 1. The summed E-state index contributed by atoms with van der Waals surface area (Å²) in [6.07, 6.45) is 1.55. The van der Waals surface area contributed by atoms with Crippen molar-refractivity contribution in [2.24, 2.45) is 0 Å². The van der Waals surface area contributed by atoms with Crippen molar-refractivity contribution in [2.45, 2.75) is 6.92 Å². The normalized spacial score (nSPS) is 10.3. The van der Waals surface area contributed by atoms with Gasteiger partial charge in [0.1, 0.15) is 5.75 Å². The quantitative estimate of drug-likeness (QED) is 0.904. The van der Waals surface area contributed by atoms with Gasteiger partial charge in [-0.3, -0.25) is 0 Å². The second-order valence-electron chi connectivity index (χ2n) is 3.57. The van der Waals surface area contributed by atoms with E-state index >= 15 is 0 Å². The number of pyridine rings is 1. The van der Waals surface area contributed by atoms with Crippen molar-refractivity contribution in [1.82, 2.24) is 4.98 Å². The molecule has 2 rings (SSSR count). The van der Waals surface area contributed by atoms with E-state index < -0.39 is 0 Å². The fraction of sp³-hybridized carbons (Fsp3) is 0.0833. The van der Waals surface area contributed by atoms with Crippen molar-refractivity contribution >= 4 is 33.2 Å². The predicted molar refractivity (Wildman–Crippen MR) is 72.6 cm³/mol. The molecule has 0 aliphatic rings. The summed E-state index contributed by atoms with van der Waals surface area (Å²) < 4.78 is 6.54. The molecule has 1 heterocycles. The molecule has 0 spiro atoms. The van der Waals surface area contributed by atoms with E-state index in [9.17, 15) is 0 Å². The maximum absolute atomic E-state index is 6.03. The first kappa shape index (κ1) is 12.2. The second kappa shape index (κ2) is 4.94. The summed E-state index contributed by atoms with van der Waals surface area (Å²) in [7, 11) is 0. The molecule has 1 aromatic carbocycles. The van der Waals surface area contributed by atoms with E-state index in [4.69, 9.17) is 22.1 Å². The average molecular weight is 314 g/mol. The number of halogens is 2. The van der Waals surface area contributed by atoms with E-state index in [0.29, 0.717) is 22.3 Å². The van der Waals surface area contributed by atoms with Crippen LogP contribution in [0.15, 0.2) is 34.9 Å². The van der Waals surface area contributed by atoms with E-state index in [1.165, 1.54) is 0 Å². The van der Waals surface area contributed by atoms with Gasteiger partial charge in [-0.1, -0.05) is 27.5 Å². The fourth-order valence-corrected chi connectivity index (χ4v) is 1.85. The van der Waals surface area contributed by atoms with Gasteiger partial charge in [0.25, 0.3) is 0 Å². The van der Waals surface area contributed by atoms with Gasteiger partial charge in [-0.15, -0.1) is 0 Å². The molecule has 0 aliphatic carbocycles. The maximum Gasteiger partial charge on any atom is 0.222 e. The van der Waals surface area contributed by atoms with Crippen LogP contribution in [0.2, 0.25) is 5.02 Å². The largest absolute Gasteiger partial charge is 0.437 e. The van der Waals surface area contributed by atoms with Gasteiger partial charge < -0.3 is 10.5 Å². The summed E-state index contributed by atoms with van der Waals surface area (Å²) >= 11 is 9.39. The molecule has 0 atom stereocenters. The zero-order valence-electron chi connectivity index (χ0n) is 9.08. The van der Waals surface area contributed by atoms with Crippen molar-refractivity contribution in [2.75, 3.05) is 5.73 Å². The van der Waals surface area contributed by atoms with Crippen molar-refractivity contribution in [3.63, 3.8) is 0 Å². The molecule has 88 valence electrons. The molecule has 0 amide bonds. The zero-order chi connectivity index (χ0) is 12.4. The van der Waals surface area contributed by atoms with Gasteiger partial charge in [-0.2, -0.15) is 0 Å². The summed E-state index contributed by atoms with van der Waals surface area (Å²) in [5.74, 6) is 1.06. The number of ether oxygens (including phenoxy) is 1. The van der Waals surface area contributed by atoms with Crippen LogP contribution in [0.1, 0.15) is 5.56 Å². The Balaban J connectivity index is 2.34. The number of aromatic nitrogens is 1. The number of rotatable bonds is 2. The summed E-state index contributed by atoms with van der Waals surface area (Å²) in [4.78, 5) is 4.12. The van der Waals surface area contributed by atoms with Crippen LogP contribution in [0.25, 0.3) is 0 Å². The molecule has 0 aliphatic heterocycles. The first-order valence-corrected chi connectivity index (χ1v) is 6.08. The lowest BCUT2D eigenvalue weighted by atomic mass is 10.3. The van der Waals surface area contributed by atoms with Gasteiger partial charge in [-0.25, -0.2) is 4.98 Å². The number of nitrogen functional groups attached to an aromatic ring is 1. The van der Waals surface area contributed by atoms with E-state index in [1.54, 1.807) is 24.4 Å². The molecular formula is C12H10BrClN2O. The molecule has 0 fully saturated rings. The second-order valence-corrected chi connectivity index (χ2v) is 4.89. The Labute approximate surface area is 113 Å². The van der Waals surface area contributed by atoms with Crippen LogP contribution < -0.4 is 10.5 Å². The number of hydrogen-bond acceptors (Lipinski definition) is 3. The molecule has 2 aromatic rings. The Kier molecular flexibility index (Phi) is 3.54. The lowest BCUT2D eigenvalue weighted by Crippen LogP contribution is -1.94. The molecule has 5 heteroatoms. The molecule has 0 radical (unpaired) electrons. The molecule has 0 saturated heterocycles. The first-order valence-electron chi connectivity index (χ1n) is 4.91. The number of nitrogens with two attached hydrogens (primary N) is 1. The molecule has 0 bridgehead atoms. The van der Waals surface area contributed by atoms with Crippen LogP contribution >= 0.6 is 27.5 Å². The maximum atomic E-state index is 6.03. The highest BCUT2D eigenvalue weighted by molar-refractivity contribution is 9.10. The minimum atomic E-state index is 0.499. The number of anilines is 1. The third-order valence-corrected chi connectivity index (χ3v) is 2.96. The highest BCUT2D eigenvalue weighted by Gasteiger charge is 2.07. The molecule has 1 aromatic heterocycles. The van der Waals surface area contributed by atoms with Gasteiger partial charge in [0, 0.05) is 10.0 Å². The van der Waals surface area contributed by atoms with Crippen LogP contribution in [-0.2, 0) is 0 Å². The predicted octanol–water partition coefficient (Wildman–Crippen LogP) is 4.18. The number of hydrogen-bond donors (Lipinski definition) is 1. The van der Waals surface area contributed by atoms with Gasteiger partial charge >= 0.3 is 0 Å². The number of benzene rings is 1. The molecule has 0 unspecified atom stereocenters. The topological polar surface area (TPSA) is 48.1 Å². The molecule has 0 saturated carbocycles. The first-order chi connectivity index (χ1) is 8.06. The summed E-state index contributed by atoms with van der Waals surface area (Å²) in [5, 5.41) is 0.534. The molecular weight excluding hydrogens is 304 g/mol. The van der Waals surface area contributed by atoms with Crippen molar-refractivity contribution in [1.29, 1.82) is 0 Å². The van der Waals surface area contributed by atoms with E-state index in [0.717, 1.165) is 10.0 Å². The van der Waals surface area contributed by atoms with Gasteiger partial charge in [0.05, 0.1) is 16.9 Å². The lowest BCUT2D eigenvalue weighted by Gasteiger charge is -2.09. The molecule has 3 nitrogen and oxygen atoms in total. The average Bonchev–Trinajstić information content (AvgIpc) is 2.27. The van der Waals surface area contributed by atoms with Crippen molar-refractivity contribution < 1.29 is 4.74 Å². The zero-order valence-corrected chi connectivity index (χ0v) is 11.4. The van der Waals surface area contributed by atoms with Crippen LogP contribution in [0, 0.1) is 6.92 Å². The Bertz CT molecular complexity index is 560.